The molecule has 0 bridgehead atoms. The van der Waals surface area contributed by atoms with Crippen LogP contribution in [0.4, 0.5) is 13.2 Å². The van der Waals surface area contributed by atoms with Crippen molar-refractivity contribution in [3.8, 4) is 11.6 Å². The zero-order chi connectivity index (χ0) is 15.3. The SMILES string of the molecule is O=C(NCCOC(F)(F)F)c1nccnc1-c1ncco1. The number of carbonyl (C=O) groups excluding carboxylic acids is 1. The van der Waals surface area contributed by atoms with E-state index in [4.69, 9.17) is 4.42 Å². The van der Waals surface area contributed by atoms with Crippen molar-refractivity contribution in [2.24, 2.45) is 0 Å². The van der Waals surface area contributed by atoms with Crippen molar-refractivity contribution in [1.82, 2.24) is 20.3 Å². The molecule has 0 spiro atoms. The molecule has 0 aliphatic rings. The van der Waals surface area contributed by atoms with Crippen LogP contribution in [0.25, 0.3) is 11.6 Å². The largest absolute Gasteiger partial charge is 0.522 e. The lowest BCUT2D eigenvalue weighted by Gasteiger charge is -2.08. The lowest BCUT2D eigenvalue weighted by atomic mass is 10.3. The van der Waals surface area contributed by atoms with Gasteiger partial charge in [-0.1, -0.05) is 0 Å². The molecule has 1 amide bonds. The first-order valence-electron chi connectivity index (χ1n) is 5.67. The predicted molar refractivity (Wildman–Crippen MR) is 61.9 cm³/mol. The first-order chi connectivity index (χ1) is 9.97. The standard InChI is InChI=1S/C11H9F3N4O3/c12-11(13,14)21-6-4-17-9(19)7-8(16-2-1-15-7)10-18-3-5-20-10/h1-3,5H,4,6H2,(H,17,19). The Kier molecular flexibility index (Phi) is 4.48. The first kappa shape index (κ1) is 14.9. The number of halogens is 3. The van der Waals surface area contributed by atoms with E-state index in [1.54, 1.807) is 0 Å². The molecule has 0 radical (unpaired) electrons. The van der Waals surface area contributed by atoms with Crippen LogP contribution in [0.15, 0.2) is 29.3 Å². The fourth-order valence-corrected chi connectivity index (χ4v) is 1.42. The number of aromatic nitrogens is 3. The Labute approximate surface area is 116 Å². The molecule has 0 saturated heterocycles. The molecule has 112 valence electrons. The van der Waals surface area contributed by atoms with Gasteiger partial charge in [-0.3, -0.25) is 9.53 Å². The van der Waals surface area contributed by atoms with Gasteiger partial charge in [0.2, 0.25) is 5.89 Å². The van der Waals surface area contributed by atoms with Crippen molar-refractivity contribution in [2.45, 2.75) is 6.36 Å². The Balaban J connectivity index is 2.00. The number of oxazole rings is 1. The third-order valence-electron chi connectivity index (χ3n) is 2.20. The van der Waals surface area contributed by atoms with Gasteiger partial charge in [0.05, 0.1) is 12.8 Å². The van der Waals surface area contributed by atoms with Crippen LogP contribution in [-0.2, 0) is 4.74 Å². The van der Waals surface area contributed by atoms with Crippen molar-refractivity contribution < 1.29 is 27.1 Å². The van der Waals surface area contributed by atoms with Crippen molar-refractivity contribution in [1.29, 1.82) is 0 Å². The molecular formula is C11H9F3N4O3. The van der Waals surface area contributed by atoms with E-state index >= 15 is 0 Å². The fourth-order valence-electron chi connectivity index (χ4n) is 1.42. The van der Waals surface area contributed by atoms with Crippen molar-refractivity contribution >= 4 is 5.91 Å². The molecule has 0 aliphatic heterocycles. The van der Waals surface area contributed by atoms with Gasteiger partial charge in [-0.25, -0.2) is 15.0 Å². The molecule has 0 fully saturated rings. The average molecular weight is 302 g/mol. The Morgan fingerprint density at radius 3 is 2.67 bits per heavy atom. The molecule has 2 aromatic heterocycles. The number of amides is 1. The van der Waals surface area contributed by atoms with Gasteiger partial charge in [0.25, 0.3) is 5.91 Å². The summed E-state index contributed by atoms with van der Waals surface area (Å²) in [4.78, 5) is 23.4. The highest BCUT2D eigenvalue weighted by Gasteiger charge is 2.28. The normalized spacial score (nSPS) is 11.4. The summed E-state index contributed by atoms with van der Waals surface area (Å²) >= 11 is 0. The summed E-state index contributed by atoms with van der Waals surface area (Å²) in [6, 6.07) is 0. The van der Waals surface area contributed by atoms with Gasteiger partial charge < -0.3 is 9.73 Å². The van der Waals surface area contributed by atoms with Gasteiger partial charge in [-0.15, -0.1) is 13.2 Å². The third kappa shape index (κ3) is 4.24. The summed E-state index contributed by atoms with van der Waals surface area (Å²) in [5, 5.41) is 2.24. The van der Waals surface area contributed by atoms with Gasteiger partial charge >= 0.3 is 6.36 Å². The van der Waals surface area contributed by atoms with Gasteiger partial charge in [-0.05, 0) is 0 Å². The summed E-state index contributed by atoms with van der Waals surface area (Å²) < 4.78 is 43.9. The minimum atomic E-state index is -4.74. The molecule has 0 unspecified atom stereocenters. The molecule has 2 aromatic rings. The Morgan fingerprint density at radius 2 is 2.00 bits per heavy atom. The zero-order valence-electron chi connectivity index (χ0n) is 10.4. The van der Waals surface area contributed by atoms with Gasteiger partial charge in [0.1, 0.15) is 6.26 Å². The predicted octanol–water partition coefficient (Wildman–Crippen LogP) is 1.40. The highest BCUT2D eigenvalue weighted by Crippen LogP contribution is 2.17. The van der Waals surface area contributed by atoms with Crippen LogP contribution >= 0.6 is 0 Å². The van der Waals surface area contributed by atoms with Crippen LogP contribution in [0.1, 0.15) is 10.5 Å². The van der Waals surface area contributed by atoms with E-state index in [1.807, 2.05) is 0 Å². The fraction of sp³-hybridized carbons (Fsp3) is 0.273. The maximum atomic E-state index is 11.9. The first-order valence-corrected chi connectivity index (χ1v) is 5.67. The second-order valence-electron chi connectivity index (χ2n) is 3.64. The Morgan fingerprint density at radius 1 is 1.24 bits per heavy atom. The summed E-state index contributed by atoms with van der Waals surface area (Å²) in [7, 11) is 0. The number of rotatable bonds is 5. The monoisotopic (exact) mass is 302 g/mol. The number of hydrogen-bond donors (Lipinski definition) is 1. The zero-order valence-corrected chi connectivity index (χ0v) is 10.4. The lowest BCUT2D eigenvalue weighted by Crippen LogP contribution is -2.30. The molecule has 0 saturated carbocycles. The summed E-state index contributed by atoms with van der Waals surface area (Å²) in [6.45, 7) is -1.04. The summed E-state index contributed by atoms with van der Waals surface area (Å²) in [5.74, 6) is -0.623. The molecule has 7 nitrogen and oxygen atoms in total. The third-order valence-corrected chi connectivity index (χ3v) is 2.20. The number of hydrogen-bond acceptors (Lipinski definition) is 6. The molecule has 0 atom stereocenters. The number of nitrogens with one attached hydrogen (secondary N) is 1. The van der Waals surface area contributed by atoms with E-state index in [9.17, 15) is 18.0 Å². The van der Waals surface area contributed by atoms with E-state index in [0.717, 1.165) is 0 Å². The van der Waals surface area contributed by atoms with Gasteiger partial charge in [0, 0.05) is 18.9 Å². The Hall–Kier alpha value is -2.49. The summed E-state index contributed by atoms with van der Waals surface area (Å²) in [6.07, 6.45) is 0.531. The van der Waals surface area contributed by atoms with E-state index in [0.29, 0.717) is 0 Å². The minimum Gasteiger partial charge on any atom is -0.443 e. The van der Waals surface area contributed by atoms with Crippen LogP contribution < -0.4 is 5.32 Å². The topological polar surface area (TPSA) is 90.1 Å². The quantitative estimate of drug-likeness (QED) is 0.840. The van der Waals surface area contributed by atoms with E-state index < -0.39 is 18.9 Å². The van der Waals surface area contributed by atoms with Gasteiger partial charge in [-0.2, -0.15) is 0 Å². The average Bonchev–Trinajstić information content (AvgIpc) is 2.96. The van der Waals surface area contributed by atoms with E-state index in [-0.39, 0.29) is 23.8 Å². The van der Waals surface area contributed by atoms with E-state index in [2.05, 4.69) is 25.0 Å². The highest BCUT2D eigenvalue weighted by atomic mass is 19.4. The molecule has 10 heteroatoms. The number of nitrogens with zero attached hydrogens (tertiary/aromatic N) is 3. The second kappa shape index (κ2) is 6.31. The van der Waals surface area contributed by atoms with Crippen LogP contribution in [-0.4, -0.2) is 40.4 Å². The van der Waals surface area contributed by atoms with Crippen molar-refractivity contribution in [3.63, 3.8) is 0 Å². The number of alkyl halides is 3. The number of ether oxygens (including phenoxy) is 1. The number of carbonyl (C=O) groups is 1. The van der Waals surface area contributed by atoms with Crippen LogP contribution in [0.3, 0.4) is 0 Å². The maximum absolute atomic E-state index is 11.9. The molecule has 0 aliphatic carbocycles. The minimum absolute atomic E-state index is 0.0831. The summed E-state index contributed by atoms with van der Waals surface area (Å²) in [5.41, 5.74) is -0.0105. The second-order valence-corrected chi connectivity index (χ2v) is 3.64. The van der Waals surface area contributed by atoms with Crippen molar-refractivity contribution in [2.75, 3.05) is 13.2 Å². The highest BCUT2D eigenvalue weighted by molar-refractivity contribution is 5.96. The van der Waals surface area contributed by atoms with Crippen LogP contribution in [0, 0.1) is 0 Å². The molecule has 2 rings (SSSR count). The smallest absolute Gasteiger partial charge is 0.443 e. The van der Waals surface area contributed by atoms with Crippen molar-refractivity contribution in [3.05, 3.63) is 30.5 Å². The lowest BCUT2D eigenvalue weighted by molar-refractivity contribution is -0.323. The molecule has 0 aromatic carbocycles. The van der Waals surface area contributed by atoms with E-state index in [1.165, 1.54) is 24.9 Å². The molecule has 1 N–H and O–H groups in total. The van der Waals surface area contributed by atoms with Crippen LogP contribution in [0.5, 0.6) is 0 Å². The maximum Gasteiger partial charge on any atom is 0.522 e. The molecule has 2 heterocycles. The molecular weight excluding hydrogens is 293 g/mol. The van der Waals surface area contributed by atoms with Gasteiger partial charge in [0.15, 0.2) is 11.4 Å². The molecule has 21 heavy (non-hydrogen) atoms. The van der Waals surface area contributed by atoms with Crippen LogP contribution in [0.2, 0.25) is 0 Å². The Bertz CT molecular complexity index is 601.